The van der Waals surface area contributed by atoms with Gasteiger partial charge in [-0.1, -0.05) is 56.9 Å². The topological polar surface area (TPSA) is 63.6 Å². The molecule has 0 saturated carbocycles. The van der Waals surface area contributed by atoms with Crippen molar-refractivity contribution in [2.24, 2.45) is 0 Å². The summed E-state index contributed by atoms with van der Waals surface area (Å²) in [6.45, 7) is 2.17. The van der Waals surface area contributed by atoms with E-state index in [1.54, 1.807) is 30.3 Å². The Balaban J connectivity index is 2.14. The Kier molecular flexibility index (Phi) is 6.82. The summed E-state index contributed by atoms with van der Waals surface area (Å²) in [6.07, 6.45) is 6.52. The molecule has 1 N–H and O–H groups in total. The summed E-state index contributed by atoms with van der Waals surface area (Å²) in [6, 6.07) is 13.9. The molecule has 2 aromatic rings. The lowest BCUT2D eigenvalue weighted by atomic mass is 10.1. The van der Waals surface area contributed by atoms with Crippen LogP contribution in [0.3, 0.4) is 0 Å². The van der Waals surface area contributed by atoms with Crippen LogP contribution in [0.2, 0.25) is 0 Å². The maximum Gasteiger partial charge on any atom is 0.298 e. The number of hydrogen-bond donors (Lipinski definition) is 1. The van der Waals surface area contributed by atoms with Crippen LogP contribution in [0.5, 0.6) is 11.5 Å². The Hall–Kier alpha value is -1.85. The van der Waals surface area contributed by atoms with Crippen LogP contribution in [0, 0.1) is 0 Å². The van der Waals surface area contributed by atoms with E-state index in [0.717, 1.165) is 24.8 Å². The van der Waals surface area contributed by atoms with Gasteiger partial charge in [0, 0.05) is 0 Å². The molecule has 0 aliphatic rings. The van der Waals surface area contributed by atoms with Gasteiger partial charge in [-0.2, -0.15) is 8.42 Å². The van der Waals surface area contributed by atoms with Crippen molar-refractivity contribution >= 4 is 10.1 Å². The highest BCUT2D eigenvalue weighted by molar-refractivity contribution is 7.86. The van der Waals surface area contributed by atoms with Crippen LogP contribution in [-0.2, 0) is 16.5 Å². The maximum atomic E-state index is 11.7. The van der Waals surface area contributed by atoms with Crippen molar-refractivity contribution in [1.82, 2.24) is 0 Å². The van der Waals surface area contributed by atoms with Gasteiger partial charge in [-0.3, -0.25) is 4.55 Å². The van der Waals surface area contributed by atoms with E-state index in [4.69, 9.17) is 4.74 Å². The Bertz CT molecular complexity index is 739. The zero-order valence-corrected chi connectivity index (χ0v) is 14.8. The fourth-order valence-corrected chi connectivity index (χ4v) is 3.21. The first-order chi connectivity index (χ1) is 11.5. The maximum absolute atomic E-state index is 11.7. The number of aryl methyl sites for hydroxylation is 1. The standard InChI is InChI=1S/C19H24O4S/c1-2-3-4-5-7-10-16-13-14-18(19(15-16)24(20,21)22)23-17-11-8-6-9-12-17/h6,8-9,11-15H,2-5,7,10H2,1H3,(H,20,21,22). The van der Waals surface area contributed by atoms with Crippen molar-refractivity contribution in [1.29, 1.82) is 0 Å². The van der Waals surface area contributed by atoms with Gasteiger partial charge in [-0.25, -0.2) is 0 Å². The number of rotatable bonds is 9. The molecule has 0 saturated heterocycles. The quantitative estimate of drug-likeness (QED) is 0.497. The second-order valence-electron chi connectivity index (χ2n) is 5.84. The van der Waals surface area contributed by atoms with Gasteiger partial charge in [0.1, 0.15) is 16.4 Å². The van der Waals surface area contributed by atoms with Gasteiger partial charge < -0.3 is 4.74 Å². The van der Waals surface area contributed by atoms with Gasteiger partial charge in [0.25, 0.3) is 10.1 Å². The fourth-order valence-electron chi connectivity index (χ4n) is 2.54. The molecule has 2 rings (SSSR count). The number of benzene rings is 2. The molecular weight excluding hydrogens is 324 g/mol. The minimum atomic E-state index is -4.34. The lowest BCUT2D eigenvalue weighted by Crippen LogP contribution is -2.02. The summed E-state index contributed by atoms with van der Waals surface area (Å²) in [5.41, 5.74) is 0.888. The molecule has 0 aromatic heterocycles. The number of unbranched alkanes of at least 4 members (excludes halogenated alkanes) is 4. The third-order valence-electron chi connectivity index (χ3n) is 3.83. The van der Waals surface area contributed by atoms with E-state index in [-0.39, 0.29) is 10.6 Å². The van der Waals surface area contributed by atoms with E-state index in [1.165, 1.54) is 25.3 Å². The fraction of sp³-hybridized carbons (Fsp3) is 0.368. The summed E-state index contributed by atoms with van der Waals surface area (Å²) < 4.78 is 38.5. The van der Waals surface area contributed by atoms with Crippen molar-refractivity contribution in [3.63, 3.8) is 0 Å². The van der Waals surface area contributed by atoms with Crippen LogP contribution >= 0.6 is 0 Å². The van der Waals surface area contributed by atoms with E-state index in [9.17, 15) is 13.0 Å². The van der Waals surface area contributed by atoms with Gasteiger partial charge in [0.15, 0.2) is 0 Å². The Morgan fingerprint density at radius 2 is 1.67 bits per heavy atom. The van der Waals surface area contributed by atoms with Crippen LogP contribution < -0.4 is 4.74 Å². The first-order valence-electron chi connectivity index (χ1n) is 8.34. The Labute approximate surface area is 144 Å². The second kappa shape index (κ2) is 8.85. The molecule has 0 bridgehead atoms. The zero-order chi connectivity index (χ0) is 17.4. The molecule has 0 unspecified atom stereocenters. The summed E-state index contributed by atoms with van der Waals surface area (Å²) in [5.74, 6) is 0.660. The minimum absolute atomic E-state index is 0.137. The molecule has 0 fully saturated rings. The molecule has 0 aliphatic carbocycles. The van der Waals surface area contributed by atoms with Crippen LogP contribution in [0.15, 0.2) is 53.4 Å². The molecule has 0 radical (unpaired) electrons. The largest absolute Gasteiger partial charge is 0.456 e. The SMILES string of the molecule is CCCCCCCc1ccc(Oc2ccccc2)c(S(=O)(=O)O)c1. The molecule has 0 heterocycles. The minimum Gasteiger partial charge on any atom is -0.456 e. The zero-order valence-electron chi connectivity index (χ0n) is 13.9. The monoisotopic (exact) mass is 348 g/mol. The van der Waals surface area contributed by atoms with E-state index in [1.807, 2.05) is 12.1 Å². The first kappa shape index (κ1) is 18.5. The van der Waals surface area contributed by atoms with Gasteiger partial charge in [0.2, 0.25) is 0 Å². The van der Waals surface area contributed by atoms with E-state index in [2.05, 4.69) is 6.92 Å². The normalized spacial score (nSPS) is 11.4. The van der Waals surface area contributed by atoms with Crippen molar-refractivity contribution in [3.8, 4) is 11.5 Å². The third kappa shape index (κ3) is 5.65. The summed E-state index contributed by atoms with van der Waals surface area (Å²) in [7, 11) is -4.34. The van der Waals surface area contributed by atoms with E-state index >= 15 is 0 Å². The lowest BCUT2D eigenvalue weighted by Gasteiger charge is -2.11. The van der Waals surface area contributed by atoms with Crippen LogP contribution in [0.25, 0.3) is 0 Å². The highest BCUT2D eigenvalue weighted by atomic mass is 32.2. The molecule has 24 heavy (non-hydrogen) atoms. The van der Waals surface area contributed by atoms with Gasteiger partial charge in [0.05, 0.1) is 0 Å². The number of hydrogen-bond acceptors (Lipinski definition) is 3. The lowest BCUT2D eigenvalue weighted by molar-refractivity contribution is 0.449. The van der Waals surface area contributed by atoms with Crippen molar-refractivity contribution < 1.29 is 17.7 Å². The summed E-state index contributed by atoms with van der Waals surface area (Å²) in [4.78, 5) is -0.183. The van der Waals surface area contributed by atoms with Crippen molar-refractivity contribution in [3.05, 3.63) is 54.1 Å². The predicted molar refractivity (Wildman–Crippen MR) is 95.2 cm³/mol. The smallest absolute Gasteiger partial charge is 0.298 e. The molecule has 0 amide bonds. The van der Waals surface area contributed by atoms with Gasteiger partial charge >= 0.3 is 0 Å². The Morgan fingerprint density at radius 3 is 2.33 bits per heavy atom. The summed E-state index contributed by atoms with van der Waals surface area (Å²) in [5, 5.41) is 0. The average Bonchev–Trinajstić information content (AvgIpc) is 2.56. The predicted octanol–water partition coefficient (Wildman–Crippen LogP) is 5.24. The van der Waals surface area contributed by atoms with Crippen molar-refractivity contribution in [2.75, 3.05) is 0 Å². The van der Waals surface area contributed by atoms with Crippen LogP contribution in [-0.4, -0.2) is 13.0 Å². The number of ether oxygens (including phenoxy) is 1. The molecule has 0 aliphatic heterocycles. The molecule has 130 valence electrons. The molecule has 2 aromatic carbocycles. The number of para-hydroxylation sites is 1. The highest BCUT2D eigenvalue weighted by Crippen LogP contribution is 2.30. The molecule has 0 atom stereocenters. The van der Waals surface area contributed by atoms with Gasteiger partial charge in [-0.15, -0.1) is 0 Å². The Morgan fingerprint density at radius 1 is 0.958 bits per heavy atom. The second-order valence-corrected chi connectivity index (χ2v) is 7.23. The van der Waals surface area contributed by atoms with Gasteiger partial charge in [-0.05, 0) is 42.7 Å². The van der Waals surface area contributed by atoms with Crippen LogP contribution in [0.4, 0.5) is 0 Å². The molecule has 5 heteroatoms. The summed E-state index contributed by atoms with van der Waals surface area (Å²) >= 11 is 0. The van der Waals surface area contributed by atoms with Crippen LogP contribution in [0.1, 0.15) is 44.6 Å². The van der Waals surface area contributed by atoms with E-state index < -0.39 is 10.1 Å². The first-order valence-corrected chi connectivity index (χ1v) is 9.78. The van der Waals surface area contributed by atoms with Crippen molar-refractivity contribution in [2.45, 2.75) is 50.3 Å². The van der Waals surface area contributed by atoms with E-state index in [0.29, 0.717) is 5.75 Å². The third-order valence-corrected chi connectivity index (χ3v) is 4.70. The molecule has 4 nitrogen and oxygen atoms in total. The average molecular weight is 348 g/mol. The molecule has 0 spiro atoms. The molecular formula is C19H24O4S. The highest BCUT2D eigenvalue weighted by Gasteiger charge is 2.18.